The number of fused-ring (bicyclic) bond motifs is 1. The van der Waals surface area contributed by atoms with Crippen molar-refractivity contribution < 1.29 is 0 Å². The van der Waals surface area contributed by atoms with Gasteiger partial charge in [0.15, 0.2) is 0 Å². The molecule has 1 heteroatoms. The Morgan fingerprint density at radius 1 is 0.826 bits per heavy atom. The molecule has 2 aromatic carbocycles. The maximum Gasteiger partial charge on any atom is 0.00220 e. The minimum Gasteiger partial charge on any atom is -0.303 e. The molecular formula is C22H25N. The summed E-state index contributed by atoms with van der Waals surface area (Å²) in [4.78, 5) is 2.63. The van der Waals surface area contributed by atoms with Gasteiger partial charge in [0, 0.05) is 6.54 Å². The minimum atomic E-state index is 1.10. The molecule has 2 aliphatic rings. The van der Waals surface area contributed by atoms with Gasteiger partial charge in [0.2, 0.25) is 0 Å². The van der Waals surface area contributed by atoms with Gasteiger partial charge in [-0.15, -0.1) is 0 Å². The molecule has 2 aromatic rings. The molecular weight excluding hydrogens is 278 g/mol. The second-order valence-electron chi connectivity index (χ2n) is 6.88. The van der Waals surface area contributed by atoms with Crippen molar-refractivity contribution in [2.75, 3.05) is 19.6 Å². The van der Waals surface area contributed by atoms with Crippen LogP contribution in [0.25, 0.3) is 5.57 Å². The van der Waals surface area contributed by atoms with E-state index in [1.54, 1.807) is 11.1 Å². The number of nitrogens with zero attached hydrogens (tertiary/aromatic N) is 1. The monoisotopic (exact) mass is 303 g/mol. The highest BCUT2D eigenvalue weighted by molar-refractivity contribution is 5.77. The Kier molecular flexibility index (Phi) is 4.30. The lowest BCUT2D eigenvalue weighted by molar-refractivity contribution is 0.348. The zero-order valence-corrected chi connectivity index (χ0v) is 13.8. The smallest absolute Gasteiger partial charge is 0.00220 e. The summed E-state index contributed by atoms with van der Waals surface area (Å²) < 4.78 is 0. The van der Waals surface area contributed by atoms with Crippen molar-refractivity contribution in [1.82, 2.24) is 4.90 Å². The Labute approximate surface area is 139 Å². The van der Waals surface area contributed by atoms with E-state index in [0.717, 1.165) is 12.8 Å². The van der Waals surface area contributed by atoms with E-state index in [-0.39, 0.29) is 0 Å². The Hall–Kier alpha value is -1.86. The van der Waals surface area contributed by atoms with Gasteiger partial charge in [-0.1, -0.05) is 60.2 Å². The predicted molar refractivity (Wildman–Crippen MR) is 97.5 cm³/mol. The van der Waals surface area contributed by atoms with Gasteiger partial charge in [0.25, 0.3) is 0 Å². The van der Waals surface area contributed by atoms with Gasteiger partial charge in [-0.25, -0.2) is 0 Å². The number of likely N-dealkylation sites (tertiary alicyclic amines) is 1. The van der Waals surface area contributed by atoms with Gasteiger partial charge in [0.05, 0.1) is 0 Å². The Balaban J connectivity index is 1.57. The first-order chi connectivity index (χ1) is 11.4. The number of allylic oxidation sites excluding steroid dienone is 1. The van der Waals surface area contributed by atoms with Gasteiger partial charge >= 0.3 is 0 Å². The number of rotatable bonds is 5. The van der Waals surface area contributed by atoms with E-state index >= 15 is 0 Å². The van der Waals surface area contributed by atoms with Crippen LogP contribution in [0.1, 0.15) is 36.0 Å². The topological polar surface area (TPSA) is 3.24 Å². The predicted octanol–water partition coefficient (Wildman–Crippen LogP) is 4.72. The van der Waals surface area contributed by atoms with Gasteiger partial charge < -0.3 is 4.90 Å². The highest BCUT2D eigenvalue weighted by atomic mass is 15.1. The molecule has 1 aliphatic carbocycles. The van der Waals surface area contributed by atoms with Crippen molar-refractivity contribution in [2.45, 2.75) is 32.1 Å². The standard InChI is InChI=1S/C22H25N/c1-2-8-18(9-3-1)16-20-17-19-10-4-5-11-21(19)22(20)12-15-23-13-6-7-14-23/h1-5,8-11H,6-7,12-17H2. The van der Waals surface area contributed by atoms with Crippen LogP contribution in [0.15, 0.2) is 60.2 Å². The molecule has 0 spiro atoms. The normalized spacial score (nSPS) is 17.7. The molecule has 0 amide bonds. The van der Waals surface area contributed by atoms with Crippen molar-refractivity contribution in [1.29, 1.82) is 0 Å². The lowest BCUT2D eigenvalue weighted by atomic mass is 9.98. The summed E-state index contributed by atoms with van der Waals surface area (Å²) in [6, 6.07) is 19.9. The van der Waals surface area contributed by atoms with Crippen molar-refractivity contribution in [3.63, 3.8) is 0 Å². The summed E-state index contributed by atoms with van der Waals surface area (Å²) in [7, 11) is 0. The van der Waals surface area contributed by atoms with E-state index in [2.05, 4.69) is 59.5 Å². The molecule has 0 bridgehead atoms. The zero-order chi connectivity index (χ0) is 15.5. The highest BCUT2D eigenvalue weighted by Gasteiger charge is 2.22. The highest BCUT2D eigenvalue weighted by Crippen LogP contribution is 2.36. The first-order valence-electron chi connectivity index (χ1n) is 8.95. The van der Waals surface area contributed by atoms with E-state index in [1.165, 1.54) is 55.6 Å². The molecule has 0 radical (unpaired) electrons. The molecule has 1 fully saturated rings. The summed E-state index contributed by atoms with van der Waals surface area (Å²) in [5.41, 5.74) is 7.73. The van der Waals surface area contributed by atoms with Gasteiger partial charge in [-0.05, 0) is 67.5 Å². The van der Waals surface area contributed by atoms with Crippen LogP contribution in [-0.4, -0.2) is 24.5 Å². The van der Waals surface area contributed by atoms with Crippen LogP contribution in [0.3, 0.4) is 0 Å². The SMILES string of the molecule is c1ccc(CC2=C(CCN3CCCC3)c3ccccc3C2)cc1. The Morgan fingerprint density at radius 3 is 2.39 bits per heavy atom. The third-order valence-corrected chi connectivity index (χ3v) is 5.31. The van der Waals surface area contributed by atoms with E-state index < -0.39 is 0 Å². The molecule has 0 N–H and O–H groups in total. The molecule has 1 nitrogen and oxygen atoms in total. The van der Waals surface area contributed by atoms with Crippen molar-refractivity contribution in [2.24, 2.45) is 0 Å². The van der Waals surface area contributed by atoms with E-state index in [0.29, 0.717) is 0 Å². The summed E-state index contributed by atoms with van der Waals surface area (Å²) in [5.74, 6) is 0. The maximum absolute atomic E-state index is 2.63. The fourth-order valence-electron chi connectivity index (χ4n) is 4.09. The average molecular weight is 303 g/mol. The quantitative estimate of drug-likeness (QED) is 0.772. The molecule has 0 aromatic heterocycles. The fourth-order valence-corrected chi connectivity index (χ4v) is 4.09. The number of benzene rings is 2. The van der Waals surface area contributed by atoms with Crippen LogP contribution in [0, 0.1) is 0 Å². The number of hydrogen-bond acceptors (Lipinski definition) is 1. The average Bonchev–Trinajstić information content (AvgIpc) is 3.21. The lowest BCUT2D eigenvalue weighted by Gasteiger charge is -2.16. The third-order valence-electron chi connectivity index (χ3n) is 5.31. The maximum atomic E-state index is 2.63. The molecule has 1 aliphatic heterocycles. The second kappa shape index (κ2) is 6.72. The van der Waals surface area contributed by atoms with E-state index in [9.17, 15) is 0 Å². The van der Waals surface area contributed by atoms with Crippen LogP contribution in [-0.2, 0) is 12.8 Å². The Bertz CT molecular complexity index is 693. The fraction of sp³-hybridized carbons (Fsp3) is 0.364. The lowest BCUT2D eigenvalue weighted by Crippen LogP contribution is -2.20. The molecule has 4 rings (SSSR count). The van der Waals surface area contributed by atoms with Crippen LogP contribution in [0.4, 0.5) is 0 Å². The molecule has 0 unspecified atom stereocenters. The van der Waals surface area contributed by atoms with Gasteiger partial charge in [-0.3, -0.25) is 0 Å². The van der Waals surface area contributed by atoms with Gasteiger partial charge in [0.1, 0.15) is 0 Å². The van der Waals surface area contributed by atoms with Crippen molar-refractivity contribution in [3.8, 4) is 0 Å². The molecule has 1 heterocycles. The first kappa shape index (κ1) is 14.7. The van der Waals surface area contributed by atoms with Gasteiger partial charge in [-0.2, -0.15) is 0 Å². The Morgan fingerprint density at radius 2 is 1.57 bits per heavy atom. The van der Waals surface area contributed by atoms with Crippen molar-refractivity contribution in [3.05, 3.63) is 76.9 Å². The van der Waals surface area contributed by atoms with Crippen LogP contribution < -0.4 is 0 Å². The minimum absolute atomic E-state index is 1.10. The zero-order valence-electron chi connectivity index (χ0n) is 13.8. The summed E-state index contributed by atoms with van der Waals surface area (Å²) in [6.07, 6.45) is 6.21. The molecule has 118 valence electrons. The van der Waals surface area contributed by atoms with Crippen LogP contribution in [0.5, 0.6) is 0 Å². The largest absolute Gasteiger partial charge is 0.303 e. The number of hydrogen-bond donors (Lipinski definition) is 0. The summed E-state index contributed by atoms with van der Waals surface area (Å²) >= 11 is 0. The van der Waals surface area contributed by atoms with E-state index in [4.69, 9.17) is 0 Å². The summed E-state index contributed by atoms with van der Waals surface area (Å²) in [6.45, 7) is 3.81. The second-order valence-corrected chi connectivity index (χ2v) is 6.88. The van der Waals surface area contributed by atoms with Crippen LogP contribution in [0.2, 0.25) is 0 Å². The van der Waals surface area contributed by atoms with Crippen LogP contribution >= 0.6 is 0 Å². The first-order valence-corrected chi connectivity index (χ1v) is 8.95. The summed E-state index contributed by atoms with van der Waals surface area (Å²) in [5, 5.41) is 0. The molecule has 0 saturated carbocycles. The molecule has 0 atom stereocenters. The molecule has 1 saturated heterocycles. The van der Waals surface area contributed by atoms with Crippen molar-refractivity contribution >= 4 is 5.57 Å². The van der Waals surface area contributed by atoms with E-state index in [1.807, 2.05) is 0 Å². The third kappa shape index (κ3) is 3.25. The molecule has 23 heavy (non-hydrogen) atoms.